The predicted octanol–water partition coefficient (Wildman–Crippen LogP) is 0.348. The van der Waals surface area contributed by atoms with E-state index in [2.05, 4.69) is 15.0 Å². The minimum Gasteiger partial charge on any atom is -0.381 e. The van der Waals surface area contributed by atoms with Crippen LogP contribution in [0, 0.1) is 0 Å². The van der Waals surface area contributed by atoms with E-state index in [0.717, 1.165) is 25.3 Å². The highest BCUT2D eigenvalue weighted by Gasteiger charge is 2.18. The first-order valence-electron chi connectivity index (χ1n) is 4.38. The third kappa shape index (κ3) is 1.92. The van der Waals surface area contributed by atoms with Gasteiger partial charge in [0, 0.05) is 12.5 Å². The van der Waals surface area contributed by atoms with Gasteiger partial charge in [-0.15, -0.1) is 0 Å². The highest BCUT2D eigenvalue weighted by atomic mass is 16.5. The first-order valence-corrected chi connectivity index (χ1v) is 4.38. The van der Waals surface area contributed by atoms with Crippen molar-refractivity contribution in [1.29, 1.82) is 0 Å². The fourth-order valence-corrected chi connectivity index (χ4v) is 1.46. The number of nitrogens with zero attached hydrogens (tertiary/aromatic N) is 3. The monoisotopic (exact) mass is 180 g/mol. The van der Waals surface area contributed by atoms with Gasteiger partial charge in [-0.1, -0.05) is 0 Å². The molecule has 70 valence electrons. The van der Waals surface area contributed by atoms with E-state index < -0.39 is 0 Å². The summed E-state index contributed by atoms with van der Waals surface area (Å²) in [5.41, 5.74) is 5.46. The van der Waals surface area contributed by atoms with Crippen molar-refractivity contribution in [2.45, 2.75) is 18.8 Å². The van der Waals surface area contributed by atoms with Crippen molar-refractivity contribution in [3.63, 3.8) is 0 Å². The Hall–Kier alpha value is -1.23. The molecule has 0 aromatic carbocycles. The molecule has 1 fully saturated rings. The number of rotatable bonds is 1. The second-order valence-electron chi connectivity index (χ2n) is 3.12. The fourth-order valence-electron chi connectivity index (χ4n) is 1.46. The van der Waals surface area contributed by atoms with Gasteiger partial charge < -0.3 is 10.5 Å². The van der Waals surface area contributed by atoms with Crippen LogP contribution in [0.3, 0.4) is 0 Å². The van der Waals surface area contributed by atoms with Gasteiger partial charge in [0.15, 0.2) is 0 Å². The van der Waals surface area contributed by atoms with Crippen molar-refractivity contribution in [3.05, 3.63) is 12.2 Å². The van der Waals surface area contributed by atoms with Crippen LogP contribution in [0.1, 0.15) is 24.6 Å². The predicted molar refractivity (Wildman–Crippen MR) is 47.0 cm³/mol. The Labute approximate surface area is 76.4 Å². The Bertz CT molecular complexity index is 285. The summed E-state index contributed by atoms with van der Waals surface area (Å²) in [4.78, 5) is 11.9. The number of hydrogen-bond acceptors (Lipinski definition) is 5. The number of nitrogen functional groups attached to an aromatic ring is 1. The molecule has 0 aliphatic carbocycles. The second kappa shape index (κ2) is 3.66. The average Bonchev–Trinajstić information content (AvgIpc) is 2.19. The van der Waals surface area contributed by atoms with Crippen LogP contribution in [-0.4, -0.2) is 28.2 Å². The zero-order chi connectivity index (χ0) is 9.10. The van der Waals surface area contributed by atoms with Crippen LogP contribution in [0.2, 0.25) is 0 Å². The Morgan fingerprint density at radius 1 is 1.46 bits per heavy atom. The van der Waals surface area contributed by atoms with Crippen LogP contribution >= 0.6 is 0 Å². The number of hydrogen-bond donors (Lipinski definition) is 1. The lowest BCUT2D eigenvalue weighted by Crippen LogP contribution is -2.18. The standard InChI is InChI=1S/C8H12N4O/c9-8-11-5-10-7(12-8)6-2-1-3-13-4-6/h5-6H,1-4H2,(H2,9,10,11,12). The molecule has 0 radical (unpaired) electrons. The summed E-state index contributed by atoms with van der Waals surface area (Å²) < 4.78 is 5.34. The van der Waals surface area contributed by atoms with Gasteiger partial charge in [0.05, 0.1) is 6.61 Å². The molecular formula is C8H12N4O. The van der Waals surface area contributed by atoms with E-state index in [1.54, 1.807) is 0 Å². The minimum absolute atomic E-state index is 0.288. The number of nitrogens with two attached hydrogens (primary N) is 1. The van der Waals surface area contributed by atoms with Crippen molar-refractivity contribution in [2.24, 2.45) is 0 Å². The third-order valence-electron chi connectivity index (χ3n) is 2.13. The van der Waals surface area contributed by atoms with E-state index >= 15 is 0 Å². The molecular weight excluding hydrogens is 168 g/mol. The van der Waals surface area contributed by atoms with Crippen LogP contribution in [0.4, 0.5) is 5.95 Å². The van der Waals surface area contributed by atoms with Gasteiger partial charge in [0.25, 0.3) is 0 Å². The molecule has 0 amide bonds. The van der Waals surface area contributed by atoms with Crippen molar-refractivity contribution in [1.82, 2.24) is 15.0 Å². The summed E-state index contributed by atoms with van der Waals surface area (Å²) in [5, 5.41) is 0. The molecule has 1 atom stereocenters. The third-order valence-corrected chi connectivity index (χ3v) is 2.13. The van der Waals surface area contributed by atoms with Gasteiger partial charge in [-0.2, -0.15) is 4.98 Å². The van der Waals surface area contributed by atoms with Gasteiger partial charge in [-0.3, -0.25) is 0 Å². The van der Waals surface area contributed by atoms with Crippen molar-refractivity contribution in [2.75, 3.05) is 18.9 Å². The Morgan fingerprint density at radius 3 is 3.08 bits per heavy atom. The zero-order valence-electron chi connectivity index (χ0n) is 7.31. The molecule has 2 rings (SSSR count). The maximum Gasteiger partial charge on any atom is 0.223 e. The highest BCUT2D eigenvalue weighted by Crippen LogP contribution is 2.21. The van der Waals surface area contributed by atoms with Gasteiger partial charge in [-0.05, 0) is 12.8 Å². The number of aromatic nitrogens is 3. The minimum atomic E-state index is 0.288. The summed E-state index contributed by atoms with van der Waals surface area (Å²) in [5.74, 6) is 1.34. The van der Waals surface area contributed by atoms with Gasteiger partial charge in [-0.25, -0.2) is 9.97 Å². The largest absolute Gasteiger partial charge is 0.381 e. The number of ether oxygens (including phenoxy) is 1. The quantitative estimate of drug-likeness (QED) is 0.675. The molecule has 1 aromatic rings. The second-order valence-corrected chi connectivity index (χ2v) is 3.12. The molecule has 0 bridgehead atoms. The van der Waals surface area contributed by atoms with Gasteiger partial charge in [0.1, 0.15) is 12.2 Å². The van der Waals surface area contributed by atoms with E-state index in [4.69, 9.17) is 10.5 Å². The number of anilines is 1. The average molecular weight is 180 g/mol. The van der Waals surface area contributed by atoms with E-state index in [1.165, 1.54) is 6.33 Å². The van der Waals surface area contributed by atoms with Gasteiger partial charge in [0.2, 0.25) is 5.95 Å². The molecule has 5 heteroatoms. The molecule has 2 N–H and O–H groups in total. The summed E-state index contributed by atoms with van der Waals surface area (Å²) >= 11 is 0. The lowest BCUT2D eigenvalue weighted by molar-refractivity contribution is 0.0780. The first-order chi connectivity index (χ1) is 6.36. The Balaban J connectivity index is 2.14. The fraction of sp³-hybridized carbons (Fsp3) is 0.625. The van der Waals surface area contributed by atoms with E-state index in [0.29, 0.717) is 12.5 Å². The molecule has 1 unspecified atom stereocenters. The Kier molecular flexibility index (Phi) is 2.35. The summed E-state index contributed by atoms with van der Waals surface area (Å²) in [6.45, 7) is 1.54. The molecule has 0 spiro atoms. The molecule has 2 heterocycles. The molecule has 1 aliphatic rings. The van der Waals surface area contributed by atoms with E-state index in [-0.39, 0.29) is 5.95 Å². The zero-order valence-corrected chi connectivity index (χ0v) is 7.31. The van der Waals surface area contributed by atoms with Crippen LogP contribution in [0.5, 0.6) is 0 Å². The smallest absolute Gasteiger partial charge is 0.223 e. The normalized spacial score (nSPS) is 22.9. The van der Waals surface area contributed by atoms with Crippen LogP contribution < -0.4 is 5.73 Å². The Morgan fingerprint density at radius 2 is 2.38 bits per heavy atom. The molecule has 1 aromatic heterocycles. The maximum absolute atomic E-state index is 5.46. The molecule has 1 aliphatic heterocycles. The lowest BCUT2D eigenvalue weighted by Gasteiger charge is -2.20. The van der Waals surface area contributed by atoms with Gasteiger partial charge >= 0.3 is 0 Å². The van der Waals surface area contributed by atoms with Crippen molar-refractivity contribution in [3.8, 4) is 0 Å². The molecule has 0 saturated carbocycles. The SMILES string of the molecule is Nc1ncnc(C2CCCOC2)n1. The summed E-state index contributed by atoms with van der Waals surface area (Å²) in [6.07, 6.45) is 3.59. The summed E-state index contributed by atoms with van der Waals surface area (Å²) in [7, 11) is 0. The lowest BCUT2D eigenvalue weighted by atomic mass is 10.0. The molecule has 5 nitrogen and oxygen atoms in total. The van der Waals surface area contributed by atoms with E-state index in [1.807, 2.05) is 0 Å². The van der Waals surface area contributed by atoms with Crippen LogP contribution in [0.25, 0.3) is 0 Å². The molecule has 1 saturated heterocycles. The topological polar surface area (TPSA) is 73.9 Å². The maximum atomic E-state index is 5.46. The van der Waals surface area contributed by atoms with Crippen LogP contribution in [-0.2, 0) is 4.74 Å². The molecule has 13 heavy (non-hydrogen) atoms. The highest BCUT2D eigenvalue weighted by molar-refractivity contribution is 5.14. The van der Waals surface area contributed by atoms with Crippen molar-refractivity contribution < 1.29 is 4.74 Å². The van der Waals surface area contributed by atoms with Crippen molar-refractivity contribution >= 4 is 5.95 Å². The van der Waals surface area contributed by atoms with E-state index in [9.17, 15) is 0 Å². The first kappa shape index (κ1) is 8.37. The summed E-state index contributed by atoms with van der Waals surface area (Å²) in [6, 6.07) is 0. The van der Waals surface area contributed by atoms with Crippen LogP contribution in [0.15, 0.2) is 6.33 Å².